The van der Waals surface area contributed by atoms with Crippen molar-refractivity contribution in [3.8, 4) is 0 Å². The van der Waals surface area contributed by atoms with Gasteiger partial charge in [-0.2, -0.15) is 0 Å². The van der Waals surface area contributed by atoms with Crippen LogP contribution in [0.1, 0.15) is 31.4 Å². The first-order valence-corrected chi connectivity index (χ1v) is 8.49. The molecule has 0 radical (unpaired) electrons. The number of nitrogens with two attached hydrogens (primary N) is 1. The van der Waals surface area contributed by atoms with Gasteiger partial charge in [-0.1, -0.05) is 13.8 Å². The van der Waals surface area contributed by atoms with Crippen molar-refractivity contribution >= 4 is 15.7 Å². The van der Waals surface area contributed by atoms with E-state index < -0.39 is 10.0 Å². The van der Waals surface area contributed by atoms with E-state index in [1.165, 1.54) is 6.07 Å². The maximum absolute atomic E-state index is 12.6. The fourth-order valence-corrected chi connectivity index (χ4v) is 4.63. The minimum Gasteiger partial charge on any atom is -0.399 e. The maximum atomic E-state index is 12.6. The Morgan fingerprint density at radius 1 is 1.33 bits per heavy atom. The molecule has 0 amide bonds. The summed E-state index contributed by atoms with van der Waals surface area (Å²) in [6.07, 6.45) is 0.761. The molecule has 1 aromatic rings. The predicted molar refractivity (Wildman–Crippen MR) is 83.6 cm³/mol. The molecule has 5 nitrogen and oxygen atoms in total. The maximum Gasteiger partial charge on any atom is 0.241 e. The van der Waals surface area contributed by atoms with Crippen molar-refractivity contribution < 1.29 is 13.2 Å². The molecule has 2 unspecified atom stereocenters. The minimum atomic E-state index is -3.58. The molecular weight excluding hydrogens is 288 g/mol. The topological polar surface area (TPSA) is 81.4 Å². The largest absolute Gasteiger partial charge is 0.399 e. The van der Waals surface area contributed by atoms with Gasteiger partial charge in [-0.05, 0) is 43.5 Å². The number of nitrogen functional groups attached to an aromatic ring is 1. The molecule has 3 N–H and O–H groups in total. The lowest BCUT2D eigenvalue weighted by molar-refractivity contribution is -0.0908. The number of sulfonamides is 1. The van der Waals surface area contributed by atoms with Crippen LogP contribution in [0.15, 0.2) is 17.0 Å². The van der Waals surface area contributed by atoms with Gasteiger partial charge in [-0.3, -0.25) is 0 Å². The zero-order valence-electron chi connectivity index (χ0n) is 13.2. The van der Waals surface area contributed by atoms with Crippen LogP contribution in [0.2, 0.25) is 0 Å². The Morgan fingerprint density at radius 2 is 1.95 bits per heavy atom. The van der Waals surface area contributed by atoms with Gasteiger partial charge in [0.15, 0.2) is 0 Å². The molecule has 2 rings (SSSR count). The highest BCUT2D eigenvalue weighted by molar-refractivity contribution is 7.89. The number of anilines is 1. The average molecular weight is 312 g/mol. The first kappa shape index (κ1) is 16.3. The van der Waals surface area contributed by atoms with Crippen molar-refractivity contribution in [1.29, 1.82) is 0 Å². The third-order valence-corrected chi connectivity index (χ3v) is 6.29. The molecule has 1 aliphatic carbocycles. The molecule has 2 atom stereocenters. The van der Waals surface area contributed by atoms with Gasteiger partial charge in [0.2, 0.25) is 10.0 Å². The lowest BCUT2D eigenvalue weighted by Gasteiger charge is -2.51. The van der Waals surface area contributed by atoms with E-state index in [1.54, 1.807) is 20.1 Å². The van der Waals surface area contributed by atoms with Crippen LogP contribution in [0.3, 0.4) is 0 Å². The number of rotatable bonds is 4. The lowest BCUT2D eigenvalue weighted by atomic mass is 9.65. The summed E-state index contributed by atoms with van der Waals surface area (Å²) >= 11 is 0. The third kappa shape index (κ3) is 2.80. The molecule has 1 aliphatic rings. The molecule has 118 valence electrons. The molecule has 0 spiro atoms. The molecule has 0 heterocycles. The van der Waals surface area contributed by atoms with Gasteiger partial charge in [0, 0.05) is 24.3 Å². The molecule has 0 saturated heterocycles. The molecule has 0 bridgehead atoms. The zero-order chi connectivity index (χ0) is 16.0. The summed E-state index contributed by atoms with van der Waals surface area (Å²) in [4.78, 5) is 0.261. The fraction of sp³-hybridized carbons (Fsp3) is 0.600. The first-order valence-electron chi connectivity index (χ1n) is 7.01. The third-order valence-electron chi connectivity index (χ3n) is 4.69. The number of methoxy groups -OCH3 is 1. The number of nitrogens with one attached hydrogen (secondary N) is 1. The highest BCUT2D eigenvalue weighted by Gasteiger charge is 2.50. The summed E-state index contributed by atoms with van der Waals surface area (Å²) in [5.41, 5.74) is 7.64. The van der Waals surface area contributed by atoms with Crippen LogP contribution in [0.25, 0.3) is 0 Å². The van der Waals surface area contributed by atoms with Crippen molar-refractivity contribution in [2.45, 2.75) is 51.2 Å². The van der Waals surface area contributed by atoms with Gasteiger partial charge < -0.3 is 10.5 Å². The smallest absolute Gasteiger partial charge is 0.241 e. The number of benzene rings is 1. The van der Waals surface area contributed by atoms with Crippen molar-refractivity contribution in [3.63, 3.8) is 0 Å². The Kier molecular flexibility index (Phi) is 4.08. The molecule has 1 fully saturated rings. The number of ether oxygens (including phenoxy) is 1. The van der Waals surface area contributed by atoms with Crippen LogP contribution in [0.5, 0.6) is 0 Å². The van der Waals surface area contributed by atoms with Crippen LogP contribution < -0.4 is 10.5 Å². The van der Waals surface area contributed by atoms with Crippen LogP contribution >= 0.6 is 0 Å². The summed E-state index contributed by atoms with van der Waals surface area (Å²) < 4.78 is 33.4. The van der Waals surface area contributed by atoms with Crippen molar-refractivity contribution in [2.75, 3.05) is 12.8 Å². The van der Waals surface area contributed by atoms with E-state index in [4.69, 9.17) is 10.5 Å². The van der Waals surface area contributed by atoms with Gasteiger partial charge in [0.05, 0.1) is 11.0 Å². The summed E-state index contributed by atoms with van der Waals surface area (Å²) in [7, 11) is -1.93. The number of aryl methyl sites for hydroxylation is 1. The summed E-state index contributed by atoms with van der Waals surface area (Å²) in [6, 6.07) is 3.17. The van der Waals surface area contributed by atoms with E-state index in [0.717, 1.165) is 11.1 Å². The normalized spacial score (nSPS) is 24.6. The van der Waals surface area contributed by atoms with E-state index >= 15 is 0 Å². The van der Waals surface area contributed by atoms with Crippen molar-refractivity contribution in [3.05, 3.63) is 23.3 Å². The van der Waals surface area contributed by atoms with Gasteiger partial charge >= 0.3 is 0 Å². The van der Waals surface area contributed by atoms with E-state index in [0.29, 0.717) is 12.1 Å². The highest BCUT2D eigenvalue weighted by atomic mass is 32.2. The SMILES string of the molecule is COC1CC(NS(=O)(=O)c2cc(N)cc(C)c2C)C1(C)C. The zero-order valence-corrected chi connectivity index (χ0v) is 14.0. The lowest BCUT2D eigenvalue weighted by Crippen LogP contribution is -2.61. The Morgan fingerprint density at radius 3 is 2.48 bits per heavy atom. The van der Waals surface area contributed by atoms with E-state index in [1.807, 2.05) is 20.8 Å². The van der Waals surface area contributed by atoms with Crippen LogP contribution in [-0.4, -0.2) is 27.7 Å². The van der Waals surface area contributed by atoms with E-state index in [9.17, 15) is 8.42 Å². The quantitative estimate of drug-likeness (QED) is 0.833. The number of hydrogen-bond donors (Lipinski definition) is 2. The average Bonchev–Trinajstić information content (AvgIpc) is 2.38. The van der Waals surface area contributed by atoms with Gasteiger partial charge in [0.1, 0.15) is 0 Å². The van der Waals surface area contributed by atoms with Gasteiger partial charge in [-0.25, -0.2) is 13.1 Å². The van der Waals surface area contributed by atoms with Gasteiger partial charge in [0.25, 0.3) is 0 Å². The molecule has 1 saturated carbocycles. The fourth-order valence-electron chi connectivity index (χ4n) is 2.87. The second-order valence-corrected chi connectivity index (χ2v) is 8.10. The molecular formula is C15H24N2O3S. The first-order chi connectivity index (χ1) is 9.59. The second kappa shape index (κ2) is 5.26. The molecule has 1 aromatic carbocycles. The Labute approximate surface area is 126 Å². The summed E-state index contributed by atoms with van der Waals surface area (Å²) in [5, 5.41) is 0. The van der Waals surface area contributed by atoms with Gasteiger partial charge in [-0.15, -0.1) is 0 Å². The van der Waals surface area contributed by atoms with E-state index in [-0.39, 0.29) is 22.5 Å². The number of hydrogen-bond acceptors (Lipinski definition) is 4. The monoisotopic (exact) mass is 312 g/mol. The summed E-state index contributed by atoms with van der Waals surface area (Å²) in [6.45, 7) is 7.68. The Balaban J connectivity index is 2.29. The van der Waals surface area contributed by atoms with Crippen LogP contribution in [0, 0.1) is 19.3 Å². The van der Waals surface area contributed by atoms with Crippen molar-refractivity contribution in [2.24, 2.45) is 5.41 Å². The molecule has 0 aliphatic heterocycles. The molecule has 21 heavy (non-hydrogen) atoms. The molecule has 0 aromatic heterocycles. The Bertz CT molecular complexity index is 653. The summed E-state index contributed by atoms with van der Waals surface area (Å²) in [5.74, 6) is 0. The predicted octanol–water partition coefficient (Wildman–Crippen LogP) is 1.98. The Hall–Kier alpha value is -1.11. The van der Waals surface area contributed by atoms with Crippen LogP contribution in [0.4, 0.5) is 5.69 Å². The van der Waals surface area contributed by atoms with E-state index in [2.05, 4.69) is 4.72 Å². The highest BCUT2D eigenvalue weighted by Crippen LogP contribution is 2.43. The second-order valence-electron chi connectivity index (χ2n) is 6.42. The molecule has 6 heteroatoms. The van der Waals surface area contributed by atoms with Crippen molar-refractivity contribution in [1.82, 2.24) is 4.72 Å². The minimum absolute atomic E-state index is 0.0777. The standard InChI is InChI=1S/C15H24N2O3S/c1-9-6-11(16)7-12(10(9)2)21(18,19)17-13-8-14(20-5)15(13,3)4/h6-7,13-14,17H,8,16H2,1-5H3. The van der Waals surface area contributed by atoms with Crippen LogP contribution in [-0.2, 0) is 14.8 Å².